The van der Waals surface area contributed by atoms with E-state index in [1.54, 1.807) is 6.26 Å². The summed E-state index contributed by atoms with van der Waals surface area (Å²) in [5.41, 5.74) is 2.09. The second kappa shape index (κ2) is 7.64. The minimum atomic E-state index is 0.00121. The summed E-state index contributed by atoms with van der Waals surface area (Å²) in [4.78, 5) is 15.1. The lowest BCUT2D eigenvalue weighted by molar-refractivity contribution is -0.0490. The number of nitrogens with zero attached hydrogens (tertiary/aromatic N) is 1. The highest BCUT2D eigenvalue weighted by Crippen LogP contribution is 2.41. The molecule has 0 aliphatic carbocycles. The summed E-state index contributed by atoms with van der Waals surface area (Å²) < 4.78 is 10.9. The predicted octanol–water partition coefficient (Wildman–Crippen LogP) is 3.08. The third-order valence-electron chi connectivity index (χ3n) is 5.95. The molecule has 138 valence electrons. The van der Waals surface area contributed by atoms with Crippen LogP contribution in [0.15, 0.2) is 53.3 Å². The number of piperidine rings is 1. The fourth-order valence-corrected chi connectivity index (χ4v) is 4.25. The van der Waals surface area contributed by atoms with Crippen molar-refractivity contribution in [3.8, 4) is 0 Å². The zero-order chi connectivity index (χ0) is 17.8. The molecule has 2 aromatic rings. The zero-order valence-electron chi connectivity index (χ0n) is 15.0. The number of ether oxygens (including phenoxy) is 1. The summed E-state index contributed by atoms with van der Waals surface area (Å²) >= 11 is 0. The Morgan fingerprint density at radius 3 is 2.69 bits per heavy atom. The van der Waals surface area contributed by atoms with E-state index in [1.807, 2.05) is 42.7 Å². The van der Waals surface area contributed by atoms with Crippen molar-refractivity contribution in [3.63, 3.8) is 0 Å². The molecular formula is C21H26N2O3. The molecule has 1 N–H and O–H groups in total. The fraction of sp³-hybridized carbons (Fsp3) is 0.476. The molecule has 1 aromatic carbocycles. The van der Waals surface area contributed by atoms with Crippen LogP contribution in [-0.4, -0.2) is 43.2 Å². The zero-order valence-corrected chi connectivity index (χ0v) is 15.0. The second-order valence-corrected chi connectivity index (χ2v) is 7.49. The number of carbonyl (C=O) groups is 1. The van der Waals surface area contributed by atoms with Gasteiger partial charge in [0.25, 0.3) is 5.91 Å². The number of rotatable bonds is 4. The maximum Gasteiger partial charge on any atom is 0.251 e. The Hall–Kier alpha value is -2.11. The van der Waals surface area contributed by atoms with Gasteiger partial charge in [-0.05, 0) is 56.0 Å². The van der Waals surface area contributed by atoms with Gasteiger partial charge < -0.3 is 14.5 Å². The number of amides is 1. The molecule has 2 fully saturated rings. The van der Waals surface area contributed by atoms with Crippen LogP contribution in [0.5, 0.6) is 0 Å². The molecule has 2 aliphatic heterocycles. The van der Waals surface area contributed by atoms with E-state index >= 15 is 0 Å². The van der Waals surface area contributed by atoms with Gasteiger partial charge in [0.2, 0.25) is 0 Å². The number of nitrogens with one attached hydrogen (secondary N) is 1. The predicted molar refractivity (Wildman–Crippen MR) is 98.8 cm³/mol. The van der Waals surface area contributed by atoms with Crippen molar-refractivity contribution in [2.45, 2.75) is 31.8 Å². The smallest absolute Gasteiger partial charge is 0.251 e. The van der Waals surface area contributed by atoms with Crippen LogP contribution in [0.25, 0.3) is 0 Å². The first-order valence-electron chi connectivity index (χ1n) is 9.42. The number of carbonyl (C=O) groups excluding carboxylic acids is 1. The molecule has 0 radical (unpaired) electrons. The van der Waals surface area contributed by atoms with Crippen LogP contribution in [0.4, 0.5) is 0 Å². The van der Waals surface area contributed by atoms with Crippen LogP contribution < -0.4 is 5.32 Å². The average Bonchev–Trinajstić information content (AvgIpc) is 3.19. The summed E-state index contributed by atoms with van der Waals surface area (Å²) in [6.07, 6.45) is 6.75. The number of hydrogen-bond acceptors (Lipinski definition) is 4. The van der Waals surface area contributed by atoms with Gasteiger partial charge in [-0.15, -0.1) is 0 Å². The molecule has 0 bridgehead atoms. The standard InChI is InChI=1S/C21H26N2O3/c24-20(18-4-2-1-3-5-18)22-19-16-26-13-9-21(19)7-10-23(11-8-21)14-17-6-12-25-15-17/h1-6,12,15,19H,7-11,13-14,16H2,(H,22,24)/t19-/m0/s1. The molecule has 1 amide bonds. The Kier molecular flexibility index (Phi) is 5.09. The molecule has 2 aliphatic rings. The van der Waals surface area contributed by atoms with Crippen molar-refractivity contribution in [2.75, 3.05) is 26.3 Å². The molecule has 1 atom stereocenters. The molecule has 3 heterocycles. The topological polar surface area (TPSA) is 54.7 Å². The Morgan fingerprint density at radius 2 is 1.96 bits per heavy atom. The highest BCUT2D eigenvalue weighted by Gasteiger charge is 2.44. The van der Waals surface area contributed by atoms with Crippen molar-refractivity contribution >= 4 is 5.91 Å². The maximum atomic E-state index is 12.6. The highest BCUT2D eigenvalue weighted by atomic mass is 16.5. The van der Waals surface area contributed by atoms with Crippen molar-refractivity contribution in [2.24, 2.45) is 5.41 Å². The third kappa shape index (κ3) is 3.69. The average molecular weight is 354 g/mol. The van der Waals surface area contributed by atoms with Crippen molar-refractivity contribution < 1.29 is 13.9 Å². The van der Waals surface area contributed by atoms with Crippen LogP contribution in [-0.2, 0) is 11.3 Å². The van der Waals surface area contributed by atoms with E-state index in [9.17, 15) is 4.79 Å². The van der Waals surface area contributed by atoms with Gasteiger partial charge in [-0.25, -0.2) is 0 Å². The normalized spacial score (nSPS) is 23.0. The van der Waals surface area contributed by atoms with E-state index in [-0.39, 0.29) is 17.4 Å². The highest BCUT2D eigenvalue weighted by molar-refractivity contribution is 5.94. The van der Waals surface area contributed by atoms with E-state index in [2.05, 4.69) is 10.2 Å². The monoisotopic (exact) mass is 354 g/mol. The fourth-order valence-electron chi connectivity index (χ4n) is 4.25. The SMILES string of the molecule is O=C(N[C@H]1COCCC12CCN(Cc1ccoc1)CC2)c1ccccc1. The first-order valence-corrected chi connectivity index (χ1v) is 9.42. The molecule has 5 nitrogen and oxygen atoms in total. The van der Waals surface area contributed by atoms with Crippen molar-refractivity contribution in [3.05, 3.63) is 60.1 Å². The van der Waals surface area contributed by atoms with E-state index in [0.29, 0.717) is 12.2 Å². The van der Waals surface area contributed by atoms with Gasteiger partial charge in [-0.2, -0.15) is 0 Å². The Labute approximate surface area is 154 Å². The van der Waals surface area contributed by atoms with Gasteiger partial charge in [0, 0.05) is 24.3 Å². The number of likely N-dealkylation sites (tertiary alicyclic amines) is 1. The first-order chi connectivity index (χ1) is 12.8. The van der Waals surface area contributed by atoms with Crippen LogP contribution in [0, 0.1) is 5.41 Å². The number of hydrogen-bond donors (Lipinski definition) is 1. The Morgan fingerprint density at radius 1 is 1.15 bits per heavy atom. The minimum absolute atomic E-state index is 0.00121. The summed E-state index contributed by atoms with van der Waals surface area (Å²) in [5.74, 6) is 0.00121. The summed E-state index contributed by atoms with van der Waals surface area (Å²) in [6, 6.07) is 11.6. The number of furan rings is 1. The molecule has 26 heavy (non-hydrogen) atoms. The molecule has 0 unspecified atom stereocenters. The van der Waals surface area contributed by atoms with Crippen molar-refractivity contribution in [1.29, 1.82) is 0 Å². The van der Waals surface area contributed by atoms with Crippen molar-refractivity contribution in [1.82, 2.24) is 10.2 Å². The van der Waals surface area contributed by atoms with Gasteiger partial charge in [0.05, 0.1) is 25.2 Å². The minimum Gasteiger partial charge on any atom is -0.472 e. The molecule has 5 heteroatoms. The van der Waals surface area contributed by atoms with Crippen LogP contribution >= 0.6 is 0 Å². The van der Waals surface area contributed by atoms with Gasteiger partial charge >= 0.3 is 0 Å². The molecule has 1 spiro atoms. The lowest BCUT2D eigenvalue weighted by Gasteiger charge is -2.49. The van der Waals surface area contributed by atoms with Gasteiger partial charge in [-0.3, -0.25) is 9.69 Å². The third-order valence-corrected chi connectivity index (χ3v) is 5.95. The Balaban J connectivity index is 1.40. The quantitative estimate of drug-likeness (QED) is 0.917. The molecule has 4 rings (SSSR count). The maximum absolute atomic E-state index is 12.6. The Bertz CT molecular complexity index is 706. The summed E-state index contributed by atoms with van der Waals surface area (Å²) in [6.45, 7) is 4.43. The van der Waals surface area contributed by atoms with E-state index in [1.165, 1.54) is 5.56 Å². The number of benzene rings is 1. The lowest BCUT2D eigenvalue weighted by Crippen LogP contribution is -2.57. The van der Waals surface area contributed by atoms with Gasteiger partial charge in [0.15, 0.2) is 0 Å². The van der Waals surface area contributed by atoms with Crippen LogP contribution in [0.2, 0.25) is 0 Å². The van der Waals surface area contributed by atoms with Gasteiger partial charge in [0.1, 0.15) is 0 Å². The van der Waals surface area contributed by atoms with Crippen LogP contribution in [0.1, 0.15) is 35.2 Å². The lowest BCUT2D eigenvalue weighted by atomic mass is 9.69. The van der Waals surface area contributed by atoms with E-state index in [4.69, 9.17) is 9.15 Å². The molecule has 1 aromatic heterocycles. The molecule has 2 saturated heterocycles. The van der Waals surface area contributed by atoms with E-state index in [0.717, 1.165) is 45.5 Å². The van der Waals surface area contributed by atoms with Crippen LogP contribution in [0.3, 0.4) is 0 Å². The largest absolute Gasteiger partial charge is 0.472 e. The summed E-state index contributed by atoms with van der Waals surface area (Å²) in [5, 5.41) is 3.26. The molecular weight excluding hydrogens is 328 g/mol. The second-order valence-electron chi connectivity index (χ2n) is 7.49. The summed E-state index contributed by atoms with van der Waals surface area (Å²) in [7, 11) is 0. The van der Waals surface area contributed by atoms with Gasteiger partial charge in [-0.1, -0.05) is 18.2 Å². The molecule has 0 saturated carbocycles. The first kappa shape index (κ1) is 17.3. The van der Waals surface area contributed by atoms with E-state index < -0.39 is 0 Å².